The summed E-state index contributed by atoms with van der Waals surface area (Å²) in [6.45, 7) is 27.1. The van der Waals surface area contributed by atoms with Crippen LogP contribution in [0.1, 0.15) is 248 Å². The summed E-state index contributed by atoms with van der Waals surface area (Å²) in [4.78, 5) is 73.2. The monoisotopic (exact) mass is 1240 g/mol. The molecule has 17 aliphatic rings. The lowest BCUT2D eigenvalue weighted by Crippen LogP contribution is -2.66. The first-order valence-electron chi connectivity index (χ1n) is 36.9. The minimum Gasteiger partial charge on any atom is -0.463 e. The predicted molar refractivity (Wildman–Crippen MR) is 345 cm³/mol. The highest BCUT2D eigenvalue weighted by Gasteiger charge is 2.71. The number of carbonyl (C=O) groups excluding carboxylic acids is 6. The van der Waals surface area contributed by atoms with E-state index in [2.05, 4.69) is 61.3 Å². The standard InChI is InChI=1S/C28H42O4.C26H40O4.C24H34O4/c1-17(2)26(30)31-8-6-5-7-25(29)32-28(24-13-20-12-21(24)9-18(20)3)22-10-19-11-23(28)16-27(4,14-19)15-22;1-4-23(27)29-12-6-5-7-24(28)30-26(20-10-8-18(2)9-11-20)21-13-19-14-22(26)17-25(3,15-19)16-21;1-4-21(25)27-13-22(26)28-24(20-9-16-8-17(20)5-14(16)2)18-6-15-7-19(24)12-23(3,10-15)11-18/h18-24H,1,5-16H2,2-4H3;4,18-22H,1,5-17H2,2-3H3;4,14-20H,1,5-13H2,2-3H3. The van der Waals surface area contributed by atoms with Crippen molar-refractivity contribution in [1.82, 2.24) is 0 Å². The van der Waals surface area contributed by atoms with Crippen LogP contribution in [0.15, 0.2) is 37.5 Å². The van der Waals surface area contributed by atoms with Crippen LogP contribution in [-0.4, -0.2) is 72.4 Å². The molecule has 0 aromatic rings. The second-order valence-corrected chi connectivity index (χ2v) is 35.0. The van der Waals surface area contributed by atoms with Gasteiger partial charge in [-0.1, -0.05) is 74.1 Å². The molecule has 90 heavy (non-hydrogen) atoms. The Hall–Kier alpha value is -3.96. The molecule has 16 bridgehead atoms. The zero-order chi connectivity index (χ0) is 63.7. The highest BCUT2D eigenvalue weighted by atomic mass is 16.6. The third-order valence-electron chi connectivity index (χ3n) is 28.5. The lowest BCUT2D eigenvalue weighted by atomic mass is 9.42. The first-order chi connectivity index (χ1) is 42.9. The topological polar surface area (TPSA) is 158 Å². The third kappa shape index (κ3) is 12.8. The van der Waals surface area contributed by atoms with Gasteiger partial charge in [0.25, 0.3) is 0 Å². The van der Waals surface area contributed by atoms with Gasteiger partial charge in [0.05, 0.1) is 13.2 Å². The van der Waals surface area contributed by atoms with E-state index in [0.29, 0.717) is 133 Å². The van der Waals surface area contributed by atoms with Gasteiger partial charge in [-0.2, -0.15) is 0 Å². The fraction of sp³-hybridized carbons (Fsp3) is 0.846. The molecule has 0 heterocycles. The summed E-state index contributed by atoms with van der Waals surface area (Å²) in [5.41, 5.74) is 1.10. The van der Waals surface area contributed by atoms with Crippen molar-refractivity contribution in [3.63, 3.8) is 0 Å². The highest BCUT2D eigenvalue weighted by molar-refractivity contribution is 5.87. The number of carbonyl (C=O) groups is 6. The molecule has 14 atom stereocenters. The lowest BCUT2D eigenvalue weighted by Gasteiger charge is -2.66. The van der Waals surface area contributed by atoms with E-state index < -0.39 is 11.9 Å². The molecule has 0 aromatic carbocycles. The molecule has 12 heteroatoms. The van der Waals surface area contributed by atoms with Crippen LogP contribution >= 0.6 is 0 Å². The van der Waals surface area contributed by atoms with Gasteiger partial charge in [-0.25, -0.2) is 19.2 Å². The molecule has 0 amide bonds. The largest absolute Gasteiger partial charge is 0.463 e. The number of hydrogen-bond acceptors (Lipinski definition) is 12. The molecule has 17 aliphatic carbocycles. The molecule has 0 N–H and O–H groups in total. The Labute approximate surface area is 540 Å². The van der Waals surface area contributed by atoms with Crippen LogP contribution in [0.4, 0.5) is 0 Å². The smallest absolute Gasteiger partial charge is 0.344 e. The molecule has 0 spiro atoms. The third-order valence-corrected chi connectivity index (χ3v) is 28.5. The van der Waals surface area contributed by atoms with Crippen LogP contribution in [0.2, 0.25) is 0 Å². The molecule has 17 rings (SSSR count). The van der Waals surface area contributed by atoms with E-state index in [-0.39, 0.29) is 47.3 Å². The quantitative estimate of drug-likeness (QED) is 0.0464. The lowest BCUT2D eigenvalue weighted by molar-refractivity contribution is -0.250. The Balaban J connectivity index is 0.000000131. The maximum atomic E-state index is 13.2. The summed E-state index contributed by atoms with van der Waals surface area (Å²) >= 11 is 0. The number of hydrogen-bond donors (Lipinski definition) is 0. The van der Waals surface area contributed by atoms with Crippen LogP contribution in [0, 0.1) is 129 Å². The summed E-state index contributed by atoms with van der Waals surface area (Å²) < 4.78 is 35.1. The van der Waals surface area contributed by atoms with E-state index in [1.165, 1.54) is 167 Å². The first-order valence-corrected chi connectivity index (χ1v) is 36.9. The predicted octanol–water partition coefficient (Wildman–Crippen LogP) is 16.5. The highest BCUT2D eigenvalue weighted by Crippen LogP contribution is 2.73. The maximum Gasteiger partial charge on any atom is 0.344 e. The van der Waals surface area contributed by atoms with Crippen molar-refractivity contribution in [2.45, 2.75) is 264 Å². The Morgan fingerprint density at radius 1 is 0.422 bits per heavy atom. The molecule has 0 saturated heterocycles. The number of ether oxygens (including phenoxy) is 6. The van der Waals surface area contributed by atoms with E-state index in [9.17, 15) is 28.8 Å². The molecule has 0 aliphatic heterocycles. The molecular weight excluding hydrogens is 1130 g/mol. The van der Waals surface area contributed by atoms with E-state index in [1.807, 2.05) is 0 Å². The van der Waals surface area contributed by atoms with Crippen LogP contribution in [0.5, 0.6) is 0 Å². The van der Waals surface area contributed by atoms with Gasteiger partial charge in [0.1, 0.15) is 16.8 Å². The van der Waals surface area contributed by atoms with Gasteiger partial charge in [-0.15, -0.1) is 0 Å². The SMILES string of the molecule is C=C(C)C(=O)OCCCCC(=O)OC1(C2CC3CC2CC3C)C2CC3CC1CC(C)(C3)C2.C=CC(=O)OCC(=O)OC1(C2CC3CC2CC3C)C2CC3CC1CC(C)(C3)C2.C=CC(=O)OCCCCC(=O)OC1(C2CCC(C)CC2)C2CC3CC1CC(C)(C3)C2. The van der Waals surface area contributed by atoms with Gasteiger partial charge in [0.15, 0.2) is 6.61 Å². The van der Waals surface area contributed by atoms with Gasteiger partial charge < -0.3 is 28.4 Å². The van der Waals surface area contributed by atoms with Crippen LogP contribution in [-0.2, 0) is 57.2 Å². The summed E-state index contributed by atoms with van der Waals surface area (Å²) in [5.74, 6) is 11.3. The normalized spacial score (nSPS) is 46.0. The summed E-state index contributed by atoms with van der Waals surface area (Å²) in [6.07, 6.45) is 37.8. The number of fused-ring (bicyclic) bond motifs is 4. The van der Waals surface area contributed by atoms with Crippen LogP contribution < -0.4 is 0 Å². The summed E-state index contributed by atoms with van der Waals surface area (Å²) in [5, 5.41) is 0. The average Bonchev–Trinajstić information content (AvgIpc) is 1.32. The van der Waals surface area contributed by atoms with Crippen molar-refractivity contribution in [2.24, 2.45) is 129 Å². The second kappa shape index (κ2) is 26.0. The van der Waals surface area contributed by atoms with Gasteiger partial charge in [0.2, 0.25) is 0 Å². The van der Waals surface area contributed by atoms with Crippen molar-refractivity contribution in [1.29, 1.82) is 0 Å². The number of rotatable bonds is 21. The molecule has 500 valence electrons. The van der Waals surface area contributed by atoms with E-state index in [0.717, 1.165) is 59.3 Å². The fourth-order valence-electron chi connectivity index (χ4n) is 25.9. The van der Waals surface area contributed by atoms with Crippen molar-refractivity contribution >= 4 is 35.8 Å². The van der Waals surface area contributed by atoms with Crippen molar-refractivity contribution in [3.8, 4) is 0 Å². The van der Waals surface area contributed by atoms with E-state index in [4.69, 9.17) is 28.4 Å². The number of esters is 6. The Kier molecular flexibility index (Phi) is 19.1. The van der Waals surface area contributed by atoms with Crippen molar-refractivity contribution < 1.29 is 57.2 Å². The van der Waals surface area contributed by atoms with E-state index in [1.54, 1.807) is 6.92 Å². The summed E-state index contributed by atoms with van der Waals surface area (Å²) in [6, 6.07) is 0. The van der Waals surface area contributed by atoms with Crippen LogP contribution in [0.3, 0.4) is 0 Å². The molecule has 14 unspecified atom stereocenters. The maximum absolute atomic E-state index is 13.2. The Morgan fingerprint density at radius 3 is 1.17 bits per heavy atom. The van der Waals surface area contributed by atoms with Gasteiger partial charge in [0, 0.05) is 77.9 Å². The summed E-state index contributed by atoms with van der Waals surface area (Å²) in [7, 11) is 0. The second-order valence-electron chi connectivity index (χ2n) is 35.0. The zero-order valence-electron chi connectivity index (χ0n) is 56.7. The van der Waals surface area contributed by atoms with Gasteiger partial charge >= 0.3 is 35.8 Å². The van der Waals surface area contributed by atoms with Gasteiger partial charge in [-0.05, 0) is 262 Å². The molecule has 17 saturated carbocycles. The van der Waals surface area contributed by atoms with E-state index >= 15 is 0 Å². The molecule has 12 nitrogen and oxygen atoms in total. The zero-order valence-corrected chi connectivity index (χ0v) is 56.7. The Bertz CT molecular complexity index is 2660. The molecule has 17 fully saturated rings. The molecule has 0 radical (unpaired) electrons. The van der Waals surface area contributed by atoms with Crippen molar-refractivity contribution in [2.75, 3.05) is 19.8 Å². The number of unbranched alkanes of at least 4 members (excludes halogenated alkanes) is 2. The van der Waals surface area contributed by atoms with Crippen LogP contribution in [0.25, 0.3) is 0 Å². The fourth-order valence-corrected chi connectivity index (χ4v) is 25.9. The first kappa shape index (κ1) is 66.1. The average molecular weight is 1250 g/mol. The van der Waals surface area contributed by atoms with Crippen molar-refractivity contribution in [3.05, 3.63) is 37.5 Å². The van der Waals surface area contributed by atoms with Gasteiger partial charge in [-0.3, -0.25) is 9.59 Å². The minimum atomic E-state index is -0.558. The molecule has 0 aromatic heterocycles. The minimum absolute atomic E-state index is 0.00956. The molecular formula is C78H116O12. The Morgan fingerprint density at radius 2 is 0.800 bits per heavy atom.